The van der Waals surface area contributed by atoms with Gasteiger partial charge in [-0.2, -0.15) is 0 Å². The highest BCUT2D eigenvalue weighted by molar-refractivity contribution is 5.96. The lowest BCUT2D eigenvalue weighted by Gasteiger charge is -2.42. The molecule has 1 aromatic rings. The molecular formula is C17H23FN2O. The Morgan fingerprint density at radius 2 is 2.24 bits per heavy atom. The normalized spacial score (nSPS) is 26.8. The maximum Gasteiger partial charge on any atom is 0.164 e. The van der Waals surface area contributed by atoms with Crippen molar-refractivity contribution in [3.05, 3.63) is 35.6 Å². The number of carbonyl (C=O) groups is 1. The number of piperazine rings is 1. The summed E-state index contributed by atoms with van der Waals surface area (Å²) in [5, 5.41) is 0. The minimum absolute atomic E-state index is 0.0375. The summed E-state index contributed by atoms with van der Waals surface area (Å²) in [6.45, 7) is 6.42. The van der Waals surface area contributed by atoms with Gasteiger partial charge in [0.15, 0.2) is 5.78 Å². The van der Waals surface area contributed by atoms with Crippen molar-refractivity contribution in [1.82, 2.24) is 9.80 Å². The van der Waals surface area contributed by atoms with E-state index in [9.17, 15) is 9.18 Å². The van der Waals surface area contributed by atoms with E-state index >= 15 is 0 Å². The van der Waals surface area contributed by atoms with Crippen LogP contribution in [0.4, 0.5) is 4.39 Å². The number of carbonyl (C=O) groups excluding carboxylic acids is 1. The molecule has 2 aliphatic heterocycles. The second-order valence-corrected chi connectivity index (χ2v) is 6.32. The van der Waals surface area contributed by atoms with E-state index in [2.05, 4.69) is 16.7 Å². The summed E-state index contributed by atoms with van der Waals surface area (Å²) in [4.78, 5) is 17.2. The van der Waals surface area contributed by atoms with Gasteiger partial charge in [0.25, 0.3) is 0 Å². The van der Waals surface area contributed by atoms with Crippen LogP contribution >= 0.6 is 0 Å². The Kier molecular flexibility index (Phi) is 4.36. The molecule has 0 N–H and O–H groups in total. The number of benzene rings is 1. The molecule has 2 aliphatic rings. The van der Waals surface area contributed by atoms with Crippen LogP contribution in [0.15, 0.2) is 24.3 Å². The molecule has 0 bridgehead atoms. The highest BCUT2D eigenvalue weighted by Gasteiger charge is 2.34. The molecule has 2 heterocycles. The first-order valence-electron chi connectivity index (χ1n) is 7.90. The second kappa shape index (κ2) is 6.24. The summed E-state index contributed by atoms with van der Waals surface area (Å²) in [6, 6.07) is 7.18. The van der Waals surface area contributed by atoms with Crippen LogP contribution in [0.25, 0.3) is 0 Å². The molecule has 3 rings (SSSR count). The Morgan fingerprint density at radius 3 is 3.05 bits per heavy atom. The molecule has 0 aromatic heterocycles. The van der Waals surface area contributed by atoms with Crippen molar-refractivity contribution >= 4 is 5.78 Å². The molecule has 2 fully saturated rings. The zero-order valence-electron chi connectivity index (χ0n) is 12.6. The van der Waals surface area contributed by atoms with Gasteiger partial charge in [-0.25, -0.2) is 4.39 Å². The van der Waals surface area contributed by atoms with Crippen molar-refractivity contribution in [1.29, 1.82) is 0 Å². The van der Waals surface area contributed by atoms with Crippen molar-refractivity contribution in [2.45, 2.75) is 38.3 Å². The van der Waals surface area contributed by atoms with E-state index in [1.165, 1.54) is 31.5 Å². The first kappa shape index (κ1) is 14.7. The van der Waals surface area contributed by atoms with Gasteiger partial charge in [0.1, 0.15) is 5.82 Å². The number of nitrogens with zero attached hydrogens (tertiary/aromatic N) is 2. The zero-order valence-corrected chi connectivity index (χ0v) is 12.6. The Labute approximate surface area is 125 Å². The summed E-state index contributed by atoms with van der Waals surface area (Å²) in [5.74, 6) is -0.302. The molecule has 0 spiro atoms. The first-order valence-corrected chi connectivity index (χ1v) is 7.90. The molecule has 0 aliphatic carbocycles. The van der Waals surface area contributed by atoms with Crippen molar-refractivity contribution < 1.29 is 9.18 Å². The quantitative estimate of drug-likeness (QED) is 0.796. The zero-order chi connectivity index (χ0) is 14.8. The lowest BCUT2D eigenvalue weighted by molar-refractivity contribution is 0.0567. The minimum atomic E-state index is -0.339. The average molecular weight is 290 g/mol. The van der Waals surface area contributed by atoms with Gasteiger partial charge < -0.3 is 0 Å². The van der Waals surface area contributed by atoms with E-state index in [1.54, 1.807) is 12.1 Å². The first-order chi connectivity index (χ1) is 10.1. The van der Waals surface area contributed by atoms with Crippen LogP contribution in [0.1, 0.15) is 36.5 Å². The molecule has 2 unspecified atom stereocenters. The topological polar surface area (TPSA) is 23.6 Å². The molecule has 114 valence electrons. The Morgan fingerprint density at radius 1 is 1.38 bits per heavy atom. The number of hydrogen-bond acceptors (Lipinski definition) is 3. The second-order valence-electron chi connectivity index (χ2n) is 6.32. The summed E-state index contributed by atoms with van der Waals surface area (Å²) in [7, 11) is 0. The minimum Gasteiger partial charge on any atom is -0.298 e. The number of Topliss-reactive ketones (excluding diaryl/α,β-unsaturated/α-hetero) is 1. The molecule has 2 atom stereocenters. The van der Waals surface area contributed by atoms with Crippen molar-refractivity contribution in [3.8, 4) is 0 Å². The van der Waals surface area contributed by atoms with Crippen LogP contribution < -0.4 is 0 Å². The molecular weight excluding hydrogens is 267 g/mol. The fourth-order valence-corrected chi connectivity index (χ4v) is 3.61. The Bertz CT molecular complexity index is 519. The number of halogens is 1. The van der Waals surface area contributed by atoms with Gasteiger partial charge >= 0.3 is 0 Å². The van der Waals surface area contributed by atoms with Crippen molar-refractivity contribution in [3.63, 3.8) is 0 Å². The van der Waals surface area contributed by atoms with Crippen LogP contribution in [0.3, 0.4) is 0 Å². The van der Waals surface area contributed by atoms with Crippen LogP contribution in [-0.2, 0) is 0 Å². The van der Waals surface area contributed by atoms with Gasteiger partial charge in [-0.1, -0.05) is 12.1 Å². The highest BCUT2D eigenvalue weighted by atomic mass is 19.1. The SMILES string of the molecule is CC1CN2CCCC2CN1CCC(=O)c1cccc(F)c1. The van der Waals surface area contributed by atoms with E-state index in [1.807, 2.05) is 0 Å². The number of hydrogen-bond donors (Lipinski definition) is 0. The fraction of sp³-hybridized carbons (Fsp3) is 0.588. The molecule has 2 saturated heterocycles. The van der Waals surface area contributed by atoms with Gasteiger partial charge in [0, 0.05) is 43.7 Å². The molecule has 0 radical (unpaired) electrons. The smallest absolute Gasteiger partial charge is 0.164 e. The van der Waals surface area contributed by atoms with Crippen molar-refractivity contribution in [2.75, 3.05) is 26.2 Å². The lowest BCUT2D eigenvalue weighted by Crippen LogP contribution is -2.55. The van der Waals surface area contributed by atoms with Gasteiger partial charge in [0.2, 0.25) is 0 Å². The summed E-state index contributed by atoms with van der Waals surface area (Å²) < 4.78 is 13.2. The van der Waals surface area contributed by atoms with E-state index in [-0.39, 0.29) is 11.6 Å². The van der Waals surface area contributed by atoms with E-state index in [0.717, 1.165) is 19.6 Å². The summed E-state index contributed by atoms with van der Waals surface area (Å²) in [6.07, 6.45) is 3.05. The molecule has 3 nitrogen and oxygen atoms in total. The maximum absolute atomic E-state index is 13.2. The highest BCUT2D eigenvalue weighted by Crippen LogP contribution is 2.24. The predicted molar refractivity (Wildman–Crippen MR) is 81.0 cm³/mol. The summed E-state index contributed by atoms with van der Waals surface area (Å²) in [5.41, 5.74) is 0.488. The maximum atomic E-state index is 13.2. The third-order valence-electron chi connectivity index (χ3n) is 4.84. The number of fused-ring (bicyclic) bond motifs is 1. The van der Waals surface area contributed by atoms with E-state index in [4.69, 9.17) is 0 Å². The molecule has 21 heavy (non-hydrogen) atoms. The van der Waals surface area contributed by atoms with Crippen LogP contribution in [0, 0.1) is 5.82 Å². The standard InChI is InChI=1S/C17H23FN2O/c1-13-11-20-8-3-6-16(20)12-19(13)9-7-17(21)14-4-2-5-15(18)10-14/h2,4-5,10,13,16H,3,6-9,11-12H2,1H3. The molecule has 0 amide bonds. The number of rotatable bonds is 4. The Balaban J connectivity index is 1.56. The monoisotopic (exact) mass is 290 g/mol. The number of ketones is 1. The molecule has 1 aromatic carbocycles. The third-order valence-corrected chi connectivity index (χ3v) is 4.84. The largest absolute Gasteiger partial charge is 0.298 e. The van der Waals surface area contributed by atoms with Crippen LogP contribution in [0.5, 0.6) is 0 Å². The van der Waals surface area contributed by atoms with Crippen LogP contribution in [-0.4, -0.2) is 53.8 Å². The fourth-order valence-electron chi connectivity index (χ4n) is 3.61. The van der Waals surface area contributed by atoms with Gasteiger partial charge in [-0.3, -0.25) is 14.6 Å². The van der Waals surface area contributed by atoms with Crippen LogP contribution in [0.2, 0.25) is 0 Å². The van der Waals surface area contributed by atoms with Crippen molar-refractivity contribution in [2.24, 2.45) is 0 Å². The predicted octanol–water partition coefficient (Wildman–Crippen LogP) is 2.57. The van der Waals surface area contributed by atoms with E-state index < -0.39 is 0 Å². The van der Waals surface area contributed by atoms with E-state index in [0.29, 0.717) is 24.1 Å². The third kappa shape index (κ3) is 3.33. The Hall–Kier alpha value is -1.26. The lowest BCUT2D eigenvalue weighted by atomic mass is 10.0. The van der Waals surface area contributed by atoms with Gasteiger partial charge in [-0.15, -0.1) is 0 Å². The molecule has 4 heteroatoms. The average Bonchev–Trinajstić information content (AvgIpc) is 2.91. The van der Waals surface area contributed by atoms with Gasteiger partial charge in [0.05, 0.1) is 0 Å². The summed E-state index contributed by atoms with van der Waals surface area (Å²) >= 11 is 0. The van der Waals surface area contributed by atoms with Gasteiger partial charge in [-0.05, 0) is 38.4 Å². The molecule has 0 saturated carbocycles.